The first-order valence-corrected chi connectivity index (χ1v) is 5.28. The minimum absolute atomic E-state index is 0.454. The van der Waals surface area contributed by atoms with Crippen LogP contribution in [0.4, 0.5) is 10.5 Å². The second kappa shape index (κ2) is 5.51. The molecule has 0 fully saturated rings. The molecule has 0 aliphatic heterocycles. The van der Waals surface area contributed by atoms with Crippen LogP contribution in [0.1, 0.15) is 20.3 Å². The topological polar surface area (TPSA) is 64.3 Å². The molecule has 0 spiro atoms. The molecule has 16 heavy (non-hydrogen) atoms. The quantitative estimate of drug-likeness (QED) is 0.822. The van der Waals surface area contributed by atoms with E-state index in [1.54, 1.807) is 12.1 Å². The van der Waals surface area contributed by atoms with E-state index in [0.717, 1.165) is 5.69 Å². The van der Waals surface area contributed by atoms with Crippen LogP contribution in [0.5, 0.6) is 0 Å². The van der Waals surface area contributed by atoms with Crippen LogP contribution in [0.2, 0.25) is 0 Å². The second-order valence-electron chi connectivity index (χ2n) is 4.18. The summed E-state index contributed by atoms with van der Waals surface area (Å²) in [5, 5.41) is 2.65. The summed E-state index contributed by atoms with van der Waals surface area (Å²) < 4.78 is 5.25. The maximum absolute atomic E-state index is 11.5. The lowest BCUT2D eigenvalue weighted by Crippen LogP contribution is -2.32. The van der Waals surface area contributed by atoms with Gasteiger partial charge in [-0.1, -0.05) is 18.2 Å². The Balaban J connectivity index is 2.48. The number of amides is 1. The van der Waals surface area contributed by atoms with E-state index in [-0.39, 0.29) is 0 Å². The minimum atomic E-state index is -0.534. The minimum Gasteiger partial charge on any atom is -0.443 e. The van der Waals surface area contributed by atoms with Gasteiger partial charge in [-0.3, -0.25) is 5.32 Å². The van der Waals surface area contributed by atoms with Gasteiger partial charge in [-0.25, -0.2) is 4.79 Å². The van der Waals surface area contributed by atoms with E-state index < -0.39 is 11.7 Å². The van der Waals surface area contributed by atoms with Crippen LogP contribution in [0.3, 0.4) is 0 Å². The van der Waals surface area contributed by atoms with Crippen LogP contribution in [-0.2, 0) is 4.74 Å². The summed E-state index contributed by atoms with van der Waals surface area (Å²) in [4.78, 5) is 11.5. The van der Waals surface area contributed by atoms with Gasteiger partial charge in [0.15, 0.2) is 0 Å². The first kappa shape index (κ1) is 12.5. The van der Waals surface area contributed by atoms with Gasteiger partial charge in [0.2, 0.25) is 0 Å². The van der Waals surface area contributed by atoms with E-state index in [0.29, 0.717) is 13.0 Å². The number of nitrogens with two attached hydrogens (primary N) is 1. The molecule has 1 aromatic carbocycles. The number of para-hydroxylation sites is 1. The third-order valence-corrected chi connectivity index (χ3v) is 2.14. The van der Waals surface area contributed by atoms with Gasteiger partial charge in [0.05, 0.1) is 0 Å². The van der Waals surface area contributed by atoms with Crippen LogP contribution in [0.25, 0.3) is 0 Å². The van der Waals surface area contributed by atoms with Crippen LogP contribution in [-0.4, -0.2) is 18.2 Å². The van der Waals surface area contributed by atoms with Crippen molar-refractivity contribution in [2.24, 2.45) is 5.73 Å². The summed E-state index contributed by atoms with van der Waals surface area (Å²) in [6.07, 6.45) is 0.180. The summed E-state index contributed by atoms with van der Waals surface area (Å²) >= 11 is 0. The zero-order valence-corrected chi connectivity index (χ0v) is 9.69. The third kappa shape index (κ3) is 4.31. The molecule has 1 aromatic rings. The van der Waals surface area contributed by atoms with Crippen LogP contribution in [0.15, 0.2) is 30.3 Å². The van der Waals surface area contributed by atoms with Crippen molar-refractivity contribution in [3.63, 3.8) is 0 Å². The van der Waals surface area contributed by atoms with Gasteiger partial charge in [-0.15, -0.1) is 0 Å². The highest BCUT2D eigenvalue weighted by Gasteiger charge is 2.21. The molecule has 88 valence electrons. The zero-order chi connectivity index (χ0) is 12.0. The largest absolute Gasteiger partial charge is 0.443 e. The number of ether oxygens (including phenoxy) is 1. The second-order valence-corrected chi connectivity index (χ2v) is 4.18. The summed E-state index contributed by atoms with van der Waals surface area (Å²) in [5.41, 5.74) is 5.62. The van der Waals surface area contributed by atoms with E-state index in [1.165, 1.54) is 0 Å². The molecule has 0 unspecified atom stereocenters. The van der Waals surface area contributed by atoms with E-state index in [2.05, 4.69) is 5.32 Å². The lowest BCUT2D eigenvalue weighted by Gasteiger charge is -2.24. The molecule has 0 bridgehead atoms. The summed E-state index contributed by atoms with van der Waals surface area (Å²) in [6.45, 7) is 4.17. The maximum atomic E-state index is 11.5. The number of carbonyl (C=O) groups is 1. The molecule has 0 saturated carbocycles. The molecule has 3 N–H and O–H groups in total. The lowest BCUT2D eigenvalue weighted by atomic mass is 10.1. The monoisotopic (exact) mass is 222 g/mol. The molecule has 4 heteroatoms. The molecule has 0 aliphatic carbocycles. The third-order valence-electron chi connectivity index (χ3n) is 2.14. The highest BCUT2D eigenvalue weighted by Crippen LogP contribution is 2.15. The van der Waals surface area contributed by atoms with Crippen molar-refractivity contribution >= 4 is 11.8 Å². The first-order valence-electron chi connectivity index (χ1n) is 5.28. The Labute approximate surface area is 95.8 Å². The Hall–Kier alpha value is -1.55. The van der Waals surface area contributed by atoms with Crippen molar-refractivity contribution < 1.29 is 9.53 Å². The summed E-state index contributed by atoms with van der Waals surface area (Å²) in [6, 6.07) is 9.19. The Morgan fingerprint density at radius 2 is 2.00 bits per heavy atom. The number of hydrogen-bond acceptors (Lipinski definition) is 3. The van der Waals surface area contributed by atoms with Crippen molar-refractivity contribution in [2.45, 2.75) is 25.9 Å². The number of hydrogen-bond donors (Lipinski definition) is 2. The fraction of sp³-hybridized carbons (Fsp3) is 0.417. The maximum Gasteiger partial charge on any atom is 0.412 e. The Morgan fingerprint density at radius 1 is 1.38 bits per heavy atom. The fourth-order valence-corrected chi connectivity index (χ4v) is 1.31. The highest BCUT2D eigenvalue weighted by molar-refractivity contribution is 5.84. The van der Waals surface area contributed by atoms with E-state index in [4.69, 9.17) is 10.5 Å². The van der Waals surface area contributed by atoms with Crippen LogP contribution in [0, 0.1) is 0 Å². The molecule has 0 aliphatic rings. The number of carbonyl (C=O) groups excluding carboxylic acids is 1. The van der Waals surface area contributed by atoms with Crippen LogP contribution >= 0.6 is 0 Å². The Bertz CT molecular complexity index is 336. The predicted octanol–water partition coefficient (Wildman–Crippen LogP) is 2.36. The summed E-state index contributed by atoms with van der Waals surface area (Å²) in [5.74, 6) is 0. The molecule has 1 amide bonds. The predicted molar refractivity (Wildman–Crippen MR) is 64.3 cm³/mol. The smallest absolute Gasteiger partial charge is 0.412 e. The van der Waals surface area contributed by atoms with Gasteiger partial charge in [-0.2, -0.15) is 0 Å². The van der Waals surface area contributed by atoms with E-state index >= 15 is 0 Å². The molecule has 0 saturated heterocycles. The number of anilines is 1. The molecular weight excluding hydrogens is 204 g/mol. The average molecular weight is 222 g/mol. The molecule has 0 aromatic heterocycles. The van der Waals surface area contributed by atoms with Gasteiger partial charge >= 0.3 is 6.09 Å². The molecular formula is C12H18N2O2. The van der Waals surface area contributed by atoms with Crippen LogP contribution < -0.4 is 11.1 Å². The van der Waals surface area contributed by atoms with E-state index in [9.17, 15) is 4.79 Å². The molecule has 1 rings (SSSR count). The Kier molecular flexibility index (Phi) is 4.31. The van der Waals surface area contributed by atoms with Gasteiger partial charge < -0.3 is 10.5 Å². The normalized spacial score (nSPS) is 10.9. The molecule has 0 atom stereocenters. The number of nitrogens with one attached hydrogen (secondary N) is 1. The molecule has 4 nitrogen and oxygen atoms in total. The highest BCUT2D eigenvalue weighted by atomic mass is 16.6. The number of benzene rings is 1. The summed E-state index contributed by atoms with van der Waals surface area (Å²) in [7, 11) is 0. The van der Waals surface area contributed by atoms with Crippen molar-refractivity contribution in [3.8, 4) is 0 Å². The van der Waals surface area contributed by atoms with Gasteiger partial charge in [0.1, 0.15) is 5.60 Å². The van der Waals surface area contributed by atoms with Crippen molar-refractivity contribution in [2.75, 3.05) is 11.9 Å². The van der Waals surface area contributed by atoms with Crippen molar-refractivity contribution in [3.05, 3.63) is 30.3 Å². The standard InChI is InChI=1S/C12H18N2O2/c1-12(2,8-9-13)16-11(15)14-10-6-4-3-5-7-10/h3-7H,8-9,13H2,1-2H3,(H,14,15). The van der Waals surface area contributed by atoms with Gasteiger partial charge in [0, 0.05) is 5.69 Å². The SMILES string of the molecule is CC(C)(CCN)OC(=O)Nc1ccccc1. The fourth-order valence-electron chi connectivity index (χ4n) is 1.31. The van der Waals surface area contributed by atoms with Gasteiger partial charge in [-0.05, 0) is 38.9 Å². The Morgan fingerprint density at radius 3 is 2.56 bits per heavy atom. The van der Waals surface area contributed by atoms with Gasteiger partial charge in [0.25, 0.3) is 0 Å². The zero-order valence-electron chi connectivity index (χ0n) is 9.69. The van der Waals surface area contributed by atoms with Crippen molar-refractivity contribution in [1.82, 2.24) is 0 Å². The number of rotatable bonds is 4. The van der Waals surface area contributed by atoms with Crippen molar-refractivity contribution in [1.29, 1.82) is 0 Å². The average Bonchev–Trinajstić information content (AvgIpc) is 2.17. The lowest BCUT2D eigenvalue weighted by molar-refractivity contribution is 0.0444. The molecule has 0 radical (unpaired) electrons. The molecule has 0 heterocycles. The van der Waals surface area contributed by atoms with E-state index in [1.807, 2.05) is 32.0 Å². The first-order chi connectivity index (χ1) is 7.53.